The van der Waals surface area contributed by atoms with Crippen LogP contribution in [0.2, 0.25) is 0 Å². The van der Waals surface area contributed by atoms with Gasteiger partial charge < -0.3 is 18.9 Å². The normalized spacial score (nSPS) is 22.8. The Morgan fingerprint density at radius 3 is 2.50 bits per heavy atom. The molecule has 158 valence electrons. The minimum atomic E-state index is -1.18. The lowest BCUT2D eigenvalue weighted by Gasteiger charge is -2.35. The van der Waals surface area contributed by atoms with Crippen LogP contribution in [0.5, 0.6) is 5.75 Å². The summed E-state index contributed by atoms with van der Waals surface area (Å²) in [6.45, 7) is 11.1. The van der Waals surface area contributed by atoms with Crippen molar-refractivity contribution in [2.24, 2.45) is 0 Å². The molecule has 1 heterocycles. The van der Waals surface area contributed by atoms with Gasteiger partial charge in [-0.05, 0) is 44.9 Å². The van der Waals surface area contributed by atoms with E-state index < -0.39 is 11.0 Å². The van der Waals surface area contributed by atoms with Crippen molar-refractivity contribution in [3.05, 3.63) is 42.5 Å². The van der Waals surface area contributed by atoms with Crippen molar-refractivity contribution < 1.29 is 23.2 Å². The molecule has 2 rings (SSSR count). The van der Waals surface area contributed by atoms with Crippen LogP contribution in [0.1, 0.15) is 32.8 Å². The number of methoxy groups -OCH3 is 2. The van der Waals surface area contributed by atoms with E-state index in [1.165, 1.54) is 0 Å². The largest absolute Gasteiger partial charge is 0.497 e. The fourth-order valence-electron chi connectivity index (χ4n) is 3.24. The fourth-order valence-corrected chi connectivity index (χ4v) is 4.69. The molecule has 1 aromatic rings. The van der Waals surface area contributed by atoms with Crippen molar-refractivity contribution in [3.63, 3.8) is 0 Å². The highest BCUT2D eigenvalue weighted by atomic mass is 32.2. The number of hydrogen-bond donors (Lipinski definition) is 0. The number of ether oxygens (including phenoxy) is 4. The molecular weight excluding hydrogens is 378 g/mol. The molecule has 0 bridgehead atoms. The van der Waals surface area contributed by atoms with Gasteiger partial charge in [-0.15, -0.1) is 6.58 Å². The van der Waals surface area contributed by atoms with Crippen LogP contribution in [0.4, 0.5) is 0 Å². The highest BCUT2D eigenvalue weighted by Gasteiger charge is 2.45. The quantitative estimate of drug-likeness (QED) is 0.437. The van der Waals surface area contributed by atoms with E-state index in [0.717, 1.165) is 17.7 Å². The summed E-state index contributed by atoms with van der Waals surface area (Å²) in [4.78, 5) is 0. The smallest absolute Gasteiger partial charge is 0.147 e. The fraction of sp³-hybridized carbons (Fsp3) is 0.619. The average Bonchev–Trinajstić information content (AvgIpc) is 3.09. The molecule has 4 atom stereocenters. The third-order valence-electron chi connectivity index (χ3n) is 4.65. The first kappa shape index (κ1) is 23.0. The van der Waals surface area contributed by atoms with Crippen LogP contribution in [0.15, 0.2) is 36.9 Å². The lowest BCUT2D eigenvalue weighted by molar-refractivity contribution is -0.0911. The Morgan fingerprint density at radius 1 is 1.29 bits per heavy atom. The molecule has 1 fully saturated rings. The van der Waals surface area contributed by atoms with E-state index in [2.05, 4.69) is 6.58 Å². The summed E-state index contributed by atoms with van der Waals surface area (Å²) in [5.41, 5.74) is 1.06. The van der Waals surface area contributed by atoms with Gasteiger partial charge in [0.1, 0.15) is 23.5 Å². The van der Waals surface area contributed by atoms with Gasteiger partial charge in [-0.25, -0.2) is 8.51 Å². The zero-order valence-electron chi connectivity index (χ0n) is 17.6. The second-order valence-electron chi connectivity index (χ2n) is 7.75. The maximum absolute atomic E-state index is 13.1. The molecule has 7 heteroatoms. The molecule has 0 aliphatic carbocycles. The molecule has 1 aliphatic heterocycles. The van der Waals surface area contributed by atoms with E-state index >= 15 is 0 Å². The van der Waals surface area contributed by atoms with Gasteiger partial charge in [0.05, 0.1) is 36.7 Å². The van der Waals surface area contributed by atoms with E-state index in [4.69, 9.17) is 18.9 Å². The molecule has 1 aromatic carbocycles. The third-order valence-corrected chi connectivity index (χ3v) is 6.55. The summed E-state index contributed by atoms with van der Waals surface area (Å²) in [6.07, 6.45) is 2.07. The Hall–Kier alpha value is -1.25. The summed E-state index contributed by atoms with van der Waals surface area (Å²) in [5, 5.41) is 0. The van der Waals surface area contributed by atoms with Crippen LogP contribution in [0, 0.1) is 0 Å². The molecule has 0 aromatic heterocycles. The molecular formula is C21H33NO5S. The van der Waals surface area contributed by atoms with Crippen LogP contribution >= 0.6 is 0 Å². The van der Waals surface area contributed by atoms with Crippen molar-refractivity contribution >= 4 is 11.0 Å². The van der Waals surface area contributed by atoms with Crippen LogP contribution < -0.4 is 4.74 Å². The SMILES string of the molecule is C=C[C@H](OCOC)[C@H]1[C@@H](OCc2ccc(OC)cc2)CCN1[S@@](=O)C(C)(C)C. The molecule has 0 radical (unpaired) electrons. The average molecular weight is 412 g/mol. The number of hydrogen-bond acceptors (Lipinski definition) is 5. The summed E-state index contributed by atoms with van der Waals surface area (Å²) >= 11 is 0. The topological polar surface area (TPSA) is 57.2 Å². The number of nitrogens with zero attached hydrogens (tertiary/aromatic N) is 1. The highest BCUT2D eigenvalue weighted by Crippen LogP contribution is 2.31. The monoisotopic (exact) mass is 411 g/mol. The van der Waals surface area contributed by atoms with Gasteiger partial charge in [-0.1, -0.05) is 18.2 Å². The Bertz CT molecular complexity index is 643. The van der Waals surface area contributed by atoms with E-state index in [1.807, 2.05) is 49.3 Å². The summed E-state index contributed by atoms with van der Waals surface area (Å²) < 4.78 is 37.1. The van der Waals surface area contributed by atoms with Gasteiger partial charge in [0.25, 0.3) is 0 Å². The van der Waals surface area contributed by atoms with Gasteiger partial charge in [0, 0.05) is 13.7 Å². The molecule has 0 unspecified atom stereocenters. The van der Waals surface area contributed by atoms with Gasteiger partial charge >= 0.3 is 0 Å². The van der Waals surface area contributed by atoms with E-state index in [-0.39, 0.29) is 29.8 Å². The lowest BCUT2D eigenvalue weighted by atomic mass is 10.1. The maximum atomic E-state index is 13.1. The Labute approximate surface area is 171 Å². The lowest BCUT2D eigenvalue weighted by Crippen LogP contribution is -2.50. The maximum Gasteiger partial charge on any atom is 0.147 e. The summed E-state index contributed by atoms with van der Waals surface area (Å²) in [7, 11) is 2.05. The molecule has 1 aliphatic rings. The molecule has 0 N–H and O–H groups in total. The second kappa shape index (κ2) is 10.5. The van der Waals surface area contributed by atoms with Crippen LogP contribution in [0.25, 0.3) is 0 Å². The Balaban J connectivity index is 2.15. The van der Waals surface area contributed by atoms with E-state index in [9.17, 15) is 4.21 Å². The first-order valence-corrected chi connectivity index (χ1v) is 10.6. The molecule has 6 nitrogen and oxygen atoms in total. The zero-order valence-corrected chi connectivity index (χ0v) is 18.4. The third kappa shape index (κ3) is 5.87. The van der Waals surface area contributed by atoms with Gasteiger partial charge in [-0.3, -0.25) is 0 Å². The number of rotatable bonds is 10. The summed E-state index contributed by atoms with van der Waals surface area (Å²) in [6, 6.07) is 7.62. The van der Waals surface area contributed by atoms with Crippen molar-refractivity contribution in [1.29, 1.82) is 0 Å². The molecule has 1 saturated heterocycles. The number of benzene rings is 1. The first-order chi connectivity index (χ1) is 13.3. The standard InChI is InChI=1S/C21H33NO5S/c1-7-18(27-15-24-5)20-19(12-13-22(20)28(23)21(2,3)4)26-14-16-8-10-17(25-6)11-9-16/h7-11,18-20H,1,12-15H2,2-6H3/t18-,19-,20-,28-/m0/s1. The van der Waals surface area contributed by atoms with Gasteiger partial charge in [-0.2, -0.15) is 0 Å². The van der Waals surface area contributed by atoms with Gasteiger partial charge in [0.2, 0.25) is 0 Å². The van der Waals surface area contributed by atoms with E-state index in [1.54, 1.807) is 20.3 Å². The van der Waals surface area contributed by atoms with Gasteiger partial charge in [0.15, 0.2) is 0 Å². The molecule has 0 spiro atoms. The van der Waals surface area contributed by atoms with Crippen molar-refractivity contribution in [3.8, 4) is 5.75 Å². The van der Waals surface area contributed by atoms with Crippen LogP contribution in [-0.4, -0.2) is 59.1 Å². The van der Waals surface area contributed by atoms with Crippen molar-refractivity contribution in [2.45, 2.75) is 56.8 Å². The van der Waals surface area contributed by atoms with Crippen LogP contribution in [0.3, 0.4) is 0 Å². The second-order valence-corrected chi connectivity index (χ2v) is 9.94. The molecule has 0 saturated carbocycles. The Kier molecular flexibility index (Phi) is 8.64. The zero-order chi connectivity index (χ0) is 20.7. The predicted molar refractivity (Wildman–Crippen MR) is 112 cm³/mol. The highest BCUT2D eigenvalue weighted by molar-refractivity contribution is 7.84. The predicted octanol–water partition coefficient (Wildman–Crippen LogP) is 3.29. The molecule has 28 heavy (non-hydrogen) atoms. The minimum absolute atomic E-state index is 0.117. The van der Waals surface area contributed by atoms with E-state index in [0.29, 0.717) is 13.2 Å². The van der Waals surface area contributed by atoms with Crippen molar-refractivity contribution in [2.75, 3.05) is 27.6 Å². The Morgan fingerprint density at radius 2 is 1.96 bits per heavy atom. The van der Waals surface area contributed by atoms with Crippen molar-refractivity contribution in [1.82, 2.24) is 4.31 Å². The minimum Gasteiger partial charge on any atom is -0.497 e. The summed E-state index contributed by atoms with van der Waals surface area (Å²) in [5.74, 6) is 0.814. The molecule has 0 amide bonds. The first-order valence-electron chi connectivity index (χ1n) is 9.48. The van der Waals surface area contributed by atoms with Crippen LogP contribution in [-0.2, 0) is 31.8 Å².